The summed E-state index contributed by atoms with van der Waals surface area (Å²) in [6.45, 7) is 4.94. The molecule has 19 heavy (non-hydrogen) atoms. The van der Waals surface area contributed by atoms with Crippen molar-refractivity contribution in [1.29, 1.82) is 0 Å². The van der Waals surface area contributed by atoms with Crippen molar-refractivity contribution >= 4 is 5.91 Å². The third kappa shape index (κ3) is 4.61. The van der Waals surface area contributed by atoms with E-state index >= 15 is 0 Å². The summed E-state index contributed by atoms with van der Waals surface area (Å²) in [5.41, 5.74) is 7.24. The zero-order chi connectivity index (χ0) is 14.3. The summed E-state index contributed by atoms with van der Waals surface area (Å²) >= 11 is 0. The lowest BCUT2D eigenvalue weighted by Gasteiger charge is -2.32. The highest BCUT2D eigenvalue weighted by atomic mass is 16.2. The molecule has 5 nitrogen and oxygen atoms in total. The molecule has 1 heterocycles. The molecule has 0 bridgehead atoms. The normalized spacial score (nSPS) is 14.2. The van der Waals surface area contributed by atoms with Gasteiger partial charge in [0, 0.05) is 25.0 Å². The molecule has 0 spiro atoms. The SMILES string of the molecule is CCNC(=O)CN(C)C(c1cccnc1)C(N)CC. The molecule has 2 unspecified atom stereocenters. The van der Waals surface area contributed by atoms with Gasteiger partial charge in [0.15, 0.2) is 0 Å². The third-order valence-electron chi connectivity index (χ3n) is 3.14. The highest BCUT2D eigenvalue weighted by Gasteiger charge is 2.24. The van der Waals surface area contributed by atoms with Crippen LogP contribution in [0.4, 0.5) is 0 Å². The van der Waals surface area contributed by atoms with E-state index in [1.165, 1.54) is 0 Å². The first-order valence-electron chi connectivity index (χ1n) is 6.72. The minimum absolute atomic E-state index is 0.00121. The fraction of sp³-hybridized carbons (Fsp3) is 0.571. The molecule has 0 aliphatic carbocycles. The number of nitrogens with two attached hydrogens (primary N) is 1. The number of rotatable bonds is 7. The monoisotopic (exact) mass is 264 g/mol. The second kappa shape index (κ2) is 7.86. The second-order valence-electron chi connectivity index (χ2n) is 4.67. The van der Waals surface area contributed by atoms with Gasteiger partial charge in [-0.15, -0.1) is 0 Å². The topological polar surface area (TPSA) is 71.2 Å². The van der Waals surface area contributed by atoms with E-state index in [2.05, 4.69) is 10.3 Å². The molecule has 0 aliphatic heterocycles. The minimum Gasteiger partial charge on any atom is -0.355 e. The molecule has 0 saturated carbocycles. The van der Waals surface area contributed by atoms with Crippen molar-refractivity contribution in [1.82, 2.24) is 15.2 Å². The van der Waals surface area contributed by atoms with Crippen molar-refractivity contribution in [3.63, 3.8) is 0 Å². The maximum atomic E-state index is 11.7. The first-order chi connectivity index (χ1) is 9.10. The Morgan fingerprint density at radius 3 is 2.79 bits per heavy atom. The maximum absolute atomic E-state index is 11.7. The smallest absolute Gasteiger partial charge is 0.234 e. The van der Waals surface area contributed by atoms with E-state index in [-0.39, 0.29) is 18.0 Å². The molecule has 1 aromatic heterocycles. The molecule has 2 atom stereocenters. The van der Waals surface area contributed by atoms with Gasteiger partial charge >= 0.3 is 0 Å². The van der Waals surface area contributed by atoms with Crippen LogP contribution in [0.15, 0.2) is 24.5 Å². The average Bonchev–Trinajstić information content (AvgIpc) is 2.40. The number of hydrogen-bond donors (Lipinski definition) is 2. The van der Waals surface area contributed by atoms with E-state index < -0.39 is 0 Å². The van der Waals surface area contributed by atoms with Gasteiger partial charge in [-0.2, -0.15) is 0 Å². The van der Waals surface area contributed by atoms with E-state index in [9.17, 15) is 4.79 Å². The number of carbonyl (C=O) groups excluding carboxylic acids is 1. The molecule has 106 valence electrons. The van der Waals surface area contributed by atoms with Crippen molar-refractivity contribution in [2.45, 2.75) is 32.4 Å². The molecule has 0 aliphatic rings. The standard InChI is InChI=1S/C14H24N4O/c1-4-12(15)14(11-7-6-8-16-9-11)18(3)10-13(19)17-5-2/h6-9,12,14H,4-5,10,15H2,1-3H3,(H,17,19). The van der Waals surface area contributed by atoms with Gasteiger partial charge in [-0.1, -0.05) is 13.0 Å². The number of likely N-dealkylation sites (N-methyl/N-ethyl adjacent to an activating group) is 2. The number of nitrogens with zero attached hydrogens (tertiary/aromatic N) is 2. The zero-order valence-electron chi connectivity index (χ0n) is 12.0. The predicted octanol–water partition coefficient (Wildman–Crippen LogP) is 0.928. The molecule has 0 fully saturated rings. The van der Waals surface area contributed by atoms with Crippen molar-refractivity contribution in [3.05, 3.63) is 30.1 Å². The zero-order valence-corrected chi connectivity index (χ0v) is 12.0. The highest BCUT2D eigenvalue weighted by Crippen LogP contribution is 2.22. The fourth-order valence-corrected chi connectivity index (χ4v) is 2.18. The third-order valence-corrected chi connectivity index (χ3v) is 3.14. The van der Waals surface area contributed by atoms with Crippen LogP contribution in [0.25, 0.3) is 0 Å². The largest absolute Gasteiger partial charge is 0.355 e. The lowest BCUT2D eigenvalue weighted by Crippen LogP contribution is -2.43. The Bertz CT molecular complexity index is 382. The van der Waals surface area contributed by atoms with E-state index in [0.717, 1.165) is 12.0 Å². The quantitative estimate of drug-likeness (QED) is 0.768. The van der Waals surface area contributed by atoms with Crippen LogP contribution in [-0.4, -0.2) is 42.0 Å². The lowest BCUT2D eigenvalue weighted by molar-refractivity contribution is -0.122. The van der Waals surface area contributed by atoms with Crippen LogP contribution in [0.3, 0.4) is 0 Å². The van der Waals surface area contributed by atoms with Crippen LogP contribution in [0.1, 0.15) is 31.9 Å². The molecular weight excluding hydrogens is 240 g/mol. The number of nitrogens with one attached hydrogen (secondary N) is 1. The molecule has 5 heteroatoms. The van der Waals surface area contributed by atoms with Gasteiger partial charge in [-0.25, -0.2) is 0 Å². The number of aromatic nitrogens is 1. The second-order valence-corrected chi connectivity index (χ2v) is 4.67. The van der Waals surface area contributed by atoms with Crippen LogP contribution in [0.2, 0.25) is 0 Å². The van der Waals surface area contributed by atoms with Crippen LogP contribution in [0, 0.1) is 0 Å². The molecule has 1 amide bonds. The molecule has 0 aromatic carbocycles. The van der Waals surface area contributed by atoms with Crippen molar-refractivity contribution in [3.8, 4) is 0 Å². The van der Waals surface area contributed by atoms with Crippen molar-refractivity contribution in [2.75, 3.05) is 20.1 Å². The molecule has 0 saturated heterocycles. The van der Waals surface area contributed by atoms with E-state index in [0.29, 0.717) is 13.1 Å². The Hall–Kier alpha value is -1.46. The number of amides is 1. The first-order valence-corrected chi connectivity index (χ1v) is 6.72. The number of hydrogen-bond acceptors (Lipinski definition) is 4. The van der Waals surface area contributed by atoms with Gasteiger partial charge in [-0.3, -0.25) is 14.7 Å². The Morgan fingerprint density at radius 2 is 2.26 bits per heavy atom. The Morgan fingerprint density at radius 1 is 1.53 bits per heavy atom. The lowest BCUT2D eigenvalue weighted by atomic mass is 9.98. The molecular formula is C14H24N4O. The Labute approximate surface area is 115 Å². The van der Waals surface area contributed by atoms with Gasteiger partial charge in [-0.05, 0) is 32.0 Å². The van der Waals surface area contributed by atoms with Crippen molar-refractivity contribution < 1.29 is 4.79 Å². The van der Waals surface area contributed by atoms with Crippen LogP contribution < -0.4 is 11.1 Å². The summed E-state index contributed by atoms with van der Waals surface area (Å²) in [6.07, 6.45) is 4.40. The van der Waals surface area contributed by atoms with E-state index in [1.807, 2.05) is 44.1 Å². The number of pyridine rings is 1. The van der Waals surface area contributed by atoms with Crippen LogP contribution >= 0.6 is 0 Å². The average molecular weight is 264 g/mol. The van der Waals surface area contributed by atoms with Crippen LogP contribution in [0.5, 0.6) is 0 Å². The molecule has 0 radical (unpaired) electrons. The van der Waals surface area contributed by atoms with Gasteiger partial charge < -0.3 is 11.1 Å². The maximum Gasteiger partial charge on any atom is 0.234 e. The Kier molecular flexibility index (Phi) is 6.45. The summed E-state index contributed by atoms with van der Waals surface area (Å²) in [7, 11) is 1.92. The fourth-order valence-electron chi connectivity index (χ4n) is 2.18. The van der Waals surface area contributed by atoms with Gasteiger partial charge in [0.2, 0.25) is 5.91 Å². The summed E-state index contributed by atoms with van der Waals surface area (Å²) in [4.78, 5) is 17.8. The highest BCUT2D eigenvalue weighted by molar-refractivity contribution is 5.77. The number of carbonyl (C=O) groups is 1. The predicted molar refractivity (Wildman–Crippen MR) is 76.6 cm³/mol. The summed E-state index contributed by atoms with van der Waals surface area (Å²) in [6, 6.07) is 3.87. The first kappa shape index (κ1) is 15.6. The van der Waals surface area contributed by atoms with Crippen molar-refractivity contribution in [2.24, 2.45) is 5.73 Å². The summed E-state index contributed by atoms with van der Waals surface area (Å²) < 4.78 is 0. The van der Waals surface area contributed by atoms with Gasteiger partial charge in [0.1, 0.15) is 0 Å². The van der Waals surface area contributed by atoms with Gasteiger partial charge in [0.25, 0.3) is 0 Å². The van der Waals surface area contributed by atoms with Crippen LogP contribution in [-0.2, 0) is 4.79 Å². The van der Waals surface area contributed by atoms with Gasteiger partial charge in [0.05, 0.1) is 12.6 Å². The van der Waals surface area contributed by atoms with E-state index in [1.54, 1.807) is 6.20 Å². The minimum atomic E-state index is -0.0244. The summed E-state index contributed by atoms with van der Waals surface area (Å²) in [5, 5.41) is 2.80. The van der Waals surface area contributed by atoms with E-state index in [4.69, 9.17) is 5.73 Å². The molecule has 1 aromatic rings. The Balaban J connectivity index is 2.83. The molecule has 3 N–H and O–H groups in total. The summed E-state index contributed by atoms with van der Waals surface area (Å²) in [5.74, 6) is 0.0159. The molecule has 1 rings (SSSR count).